The fraction of sp³-hybridized carbons (Fsp3) is 0.250. The molecule has 3 heteroatoms. The highest BCUT2D eigenvalue weighted by molar-refractivity contribution is 6.17. The predicted octanol–water partition coefficient (Wildman–Crippen LogP) is 4.32. The number of aryl methyl sites for hydroxylation is 1. The van der Waals surface area contributed by atoms with Crippen LogP contribution in [0.1, 0.15) is 16.7 Å². The molecule has 0 spiro atoms. The van der Waals surface area contributed by atoms with Gasteiger partial charge in [0.05, 0.1) is 13.0 Å². The number of halogens is 1. The Balaban J connectivity index is 2.11. The molecule has 2 aromatic rings. The molecule has 2 rings (SSSR count). The molecule has 0 aliphatic heterocycles. The van der Waals surface area contributed by atoms with Crippen LogP contribution in [0.2, 0.25) is 0 Å². The van der Waals surface area contributed by atoms with Crippen LogP contribution in [0.4, 0.5) is 0 Å². The van der Waals surface area contributed by atoms with E-state index in [9.17, 15) is 0 Å². The predicted molar refractivity (Wildman–Crippen MR) is 78.1 cm³/mol. The van der Waals surface area contributed by atoms with Crippen molar-refractivity contribution in [2.45, 2.75) is 19.4 Å². The third-order valence-electron chi connectivity index (χ3n) is 2.89. The summed E-state index contributed by atoms with van der Waals surface area (Å²) in [4.78, 5) is 0. The lowest BCUT2D eigenvalue weighted by atomic mass is 10.1. The summed E-state index contributed by atoms with van der Waals surface area (Å²) >= 11 is 5.93. The van der Waals surface area contributed by atoms with E-state index in [-0.39, 0.29) is 0 Å². The zero-order chi connectivity index (χ0) is 13.7. The molecule has 0 saturated heterocycles. The highest BCUT2D eigenvalue weighted by atomic mass is 35.5. The molecule has 0 N–H and O–H groups in total. The molecule has 0 radical (unpaired) electrons. The summed E-state index contributed by atoms with van der Waals surface area (Å²) in [5.74, 6) is 2.00. The van der Waals surface area contributed by atoms with Crippen molar-refractivity contribution in [1.82, 2.24) is 0 Å². The molecule has 0 bridgehead atoms. The number of methoxy groups -OCH3 is 1. The quantitative estimate of drug-likeness (QED) is 0.757. The summed E-state index contributed by atoms with van der Waals surface area (Å²) in [6.45, 7) is 2.61. The van der Waals surface area contributed by atoms with E-state index >= 15 is 0 Å². The third-order valence-corrected chi connectivity index (χ3v) is 3.18. The van der Waals surface area contributed by atoms with E-state index in [1.807, 2.05) is 24.3 Å². The van der Waals surface area contributed by atoms with E-state index in [4.69, 9.17) is 21.1 Å². The maximum absolute atomic E-state index is 5.93. The second-order valence-electron chi connectivity index (χ2n) is 4.39. The Labute approximate surface area is 118 Å². The molecule has 2 nitrogen and oxygen atoms in total. The van der Waals surface area contributed by atoms with E-state index in [1.54, 1.807) is 7.11 Å². The molecular formula is C16H17ClO2. The fourth-order valence-electron chi connectivity index (χ4n) is 1.89. The first kappa shape index (κ1) is 13.8. The van der Waals surface area contributed by atoms with Crippen LogP contribution in [-0.4, -0.2) is 7.11 Å². The van der Waals surface area contributed by atoms with Gasteiger partial charge in [0, 0.05) is 5.56 Å². The molecular weight excluding hydrogens is 260 g/mol. The molecule has 0 saturated carbocycles. The molecule has 0 atom stereocenters. The first-order valence-electron chi connectivity index (χ1n) is 6.14. The van der Waals surface area contributed by atoms with Gasteiger partial charge in [-0.1, -0.05) is 29.8 Å². The van der Waals surface area contributed by atoms with Gasteiger partial charge in [-0.3, -0.25) is 0 Å². The summed E-state index contributed by atoms with van der Waals surface area (Å²) in [5.41, 5.74) is 3.32. The Morgan fingerprint density at radius 2 is 1.95 bits per heavy atom. The third kappa shape index (κ3) is 3.65. The van der Waals surface area contributed by atoms with Gasteiger partial charge < -0.3 is 9.47 Å². The van der Waals surface area contributed by atoms with Gasteiger partial charge >= 0.3 is 0 Å². The van der Waals surface area contributed by atoms with Gasteiger partial charge in [-0.2, -0.15) is 0 Å². The highest BCUT2D eigenvalue weighted by Crippen LogP contribution is 2.26. The van der Waals surface area contributed by atoms with Crippen molar-refractivity contribution in [2.75, 3.05) is 7.11 Å². The van der Waals surface area contributed by atoms with Crippen LogP contribution in [0, 0.1) is 6.92 Å². The minimum atomic E-state index is 0.403. The molecule has 0 unspecified atom stereocenters. The molecule has 100 valence electrons. The normalized spacial score (nSPS) is 10.3. The van der Waals surface area contributed by atoms with Gasteiger partial charge in [-0.25, -0.2) is 0 Å². The van der Waals surface area contributed by atoms with Gasteiger partial charge in [0.15, 0.2) is 0 Å². The lowest BCUT2D eigenvalue weighted by molar-refractivity contribution is 0.303. The standard InChI is InChI=1S/C16H17ClO2/c1-12-4-3-5-13(8-12)11-19-16-7-6-15(18-2)9-14(16)10-17/h3-9H,10-11H2,1-2H3. The van der Waals surface area contributed by atoms with Crippen molar-refractivity contribution in [3.8, 4) is 11.5 Å². The van der Waals surface area contributed by atoms with E-state index in [2.05, 4.69) is 25.1 Å². The minimum Gasteiger partial charge on any atom is -0.497 e. The average Bonchev–Trinajstić information content (AvgIpc) is 2.45. The van der Waals surface area contributed by atoms with Crippen LogP contribution in [0.25, 0.3) is 0 Å². The molecule has 0 aromatic heterocycles. The summed E-state index contributed by atoms with van der Waals surface area (Å²) in [6, 6.07) is 13.9. The number of ether oxygens (including phenoxy) is 2. The SMILES string of the molecule is COc1ccc(OCc2cccc(C)c2)c(CCl)c1. The summed E-state index contributed by atoms with van der Waals surface area (Å²) in [5, 5.41) is 0. The first-order valence-corrected chi connectivity index (χ1v) is 6.67. The smallest absolute Gasteiger partial charge is 0.124 e. The lowest BCUT2D eigenvalue weighted by Gasteiger charge is -2.11. The molecule has 0 fully saturated rings. The van der Waals surface area contributed by atoms with Gasteiger partial charge in [-0.05, 0) is 30.7 Å². The molecule has 0 heterocycles. The van der Waals surface area contributed by atoms with Gasteiger partial charge in [0.25, 0.3) is 0 Å². The zero-order valence-corrected chi connectivity index (χ0v) is 11.9. The molecule has 19 heavy (non-hydrogen) atoms. The van der Waals surface area contributed by atoms with Gasteiger partial charge in [0.1, 0.15) is 18.1 Å². The van der Waals surface area contributed by atoms with Crippen LogP contribution in [-0.2, 0) is 12.5 Å². The Morgan fingerprint density at radius 3 is 2.63 bits per heavy atom. The van der Waals surface area contributed by atoms with E-state index in [1.165, 1.54) is 5.56 Å². The Hall–Kier alpha value is -1.67. The van der Waals surface area contributed by atoms with Crippen molar-refractivity contribution in [2.24, 2.45) is 0 Å². The van der Waals surface area contributed by atoms with Crippen LogP contribution in [0.3, 0.4) is 0 Å². The van der Waals surface area contributed by atoms with Crippen molar-refractivity contribution in [3.63, 3.8) is 0 Å². The van der Waals surface area contributed by atoms with E-state index < -0.39 is 0 Å². The van der Waals surface area contributed by atoms with Crippen molar-refractivity contribution in [3.05, 3.63) is 59.2 Å². The topological polar surface area (TPSA) is 18.5 Å². The summed E-state index contributed by atoms with van der Waals surface area (Å²) in [7, 11) is 1.64. The second-order valence-corrected chi connectivity index (χ2v) is 4.65. The number of alkyl halides is 1. The summed E-state index contributed by atoms with van der Waals surface area (Å²) in [6.07, 6.45) is 0. The van der Waals surface area contributed by atoms with Crippen LogP contribution < -0.4 is 9.47 Å². The van der Waals surface area contributed by atoms with Crippen molar-refractivity contribution >= 4 is 11.6 Å². The number of hydrogen-bond acceptors (Lipinski definition) is 2. The largest absolute Gasteiger partial charge is 0.497 e. The Morgan fingerprint density at radius 1 is 1.11 bits per heavy atom. The molecule has 2 aromatic carbocycles. The van der Waals surface area contributed by atoms with Gasteiger partial charge in [-0.15, -0.1) is 11.6 Å². The van der Waals surface area contributed by atoms with Gasteiger partial charge in [0.2, 0.25) is 0 Å². The van der Waals surface area contributed by atoms with Crippen molar-refractivity contribution < 1.29 is 9.47 Å². The Bertz CT molecular complexity index is 552. The fourth-order valence-corrected chi connectivity index (χ4v) is 2.10. The minimum absolute atomic E-state index is 0.403. The van der Waals surface area contributed by atoms with Crippen LogP contribution in [0.5, 0.6) is 11.5 Å². The molecule has 0 amide bonds. The van der Waals surface area contributed by atoms with E-state index in [0.717, 1.165) is 22.6 Å². The molecule has 0 aliphatic rings. The maximum atomic E-state index is 5.93. The van der Waals surface area contributed by atoms with Crippen molar-refractivity contribution in [1.29, 1.82) is 0 Å². The van der Waals surface area contributed by atoms with E-state index in [0.29, 0.717) is 12.5 Å². The highest BCUT2D eigenvalue weighted by Gasteiger charge is 2.05. The lowest BCUT2D eigenvalue weighted by Crippen LogP contribution is -1.98. The number of hydrogen-bond donors (Lipinski definition) is 0. The van der Waals surface area contributed by atoms with Crippen LogP contribution >= 0.6 is 11.6 Å². The van der Waals surface area contributed by atoms with Crippen LogP contribution in [0.15, 0.2) is 42.5 Å². The second kappa shape index (κ2) is 6.48. The average molecular weight is 277 g/mol. The number of rotatable bonds is 5. The monoisotopic (exact) mass is 276 g/mol. The zero-order valence-electron chi connectivity index (χ0n) is 11.2. The number of benzene rings is 2. The first-order chi connectivity index (χ1) is 9.22. The summed E-state index contributed by atoms with van der Waals surface area (Å²) < 4.78 is 11.0. The maximum Gasteiger partial charge on any atom is 0.124 e. The molecule has 0 aliphatic carbocycles. The Kier molecular flexibility index (Phi) is 4.69.